The molecule has 0 atom stereocenters. The van der Waals surface area contributed by atoms with E-state index < -0.39 is 5.97 Å². The Morgan fingerprint density at radius 2 is 2.14 bits per heavy atom. The minimum atomic E-state index is -0.917. The molecule has 0 saturated carbocycles. The van der Waals surface area contributed by atoms with Crippen molar-refractivity contribution in [1.29, 1.82) is 0 Å². The Hall–Kier alpha value is -1.58. The average Bonchev–Trinajstić information content (AvgIpc) is 2.07. The van der Waals surface area contributed by atoms with E-state index in [0.29, 0.717) is 11.3 Å². The molecule has 3 nitrogen and oxygen atoms in total. The third-order valence-corrected chi connectivity index (χ3v) is 1.87. The van der Waals surface area contributed by atoms with Gasteiger partial charge in [-0.3, -0.25) is 4.79 Å². The lowest BCUT2D eigenvalue weighted by Crippen LogP contribution is -2.13. The summed E-state index contributed by atoms with van der Waals surface area (Å²) in [6.07, 6.45) is -0.0895. The van der Waals surface area contributed by atoms with E-state index in [1.165, 1.54) is 18.2 Å². The van der Waals surface area contributed by atoms with Gasteiger partial charge in [0.05, 0.1) is 6.42 Å². The molecule has 0 aliphatic carbocycles. The number of hydrogen-bond acceptors (Lipinski definition) is 2. The molecular weight excluding hydrogens is 185 g/mol. The fourth-order valence-corrected chi connectivity index (χ4v) is 1.27. The predicted octanol–water partition coefficient (Wildman–Crippen LogP) is 1.52. The average molecular weight is 197 g/mol. The molecule has 1 aromatic carbocycles. The number of carboxylic acid groups (broad SMARTS) is 1. The maximum absolute atomic E-state index is 12.9. The minimum Gasteiger partial charge on any atom is -0.481 e. The number of carbonyl (C=O) groups is 1. The first-order chi connectivity index (χ1) is 6.50. The van der Waals surface area contributed by atoms with Crippen molar-refractivity contribution in [1.82, 2.24) is 0 Å². The molecule has 0 bridgehead atoms. The lowest BCUT2D eigenvalue weighted by Gasteiger charge is -2.16. The molecule has 0 fully saturated rings. The monoisotopic (exact) mass is 197 g/mol. The number of benzene rings is 1. The third-order valence-electron chi connectivity index (χ3n) is 1.87. The van der Waals surface area contributed by atoms with Crippen LogP contribution in [0.15, 0.2) is 18.2 Å². The standard InChI is InChI=1S/C10H12FNO2/c1-12(2)9-6-8(11)4-3-7(9)5-10(13)14/h3-4,6H,5H2,1-2H3,(H,13,14). The van der Waals surface area contributed by atoms with Crippen LogP contribution in [-0.4, -0.2) is 25.2 Å². The highest BCUT2D eigenvalue weighted by Crippen LogP contribution is 2.20. The lowest BCUT2D eigenvalue weighted by molar-refractivity contribution is -0.136. The second kappa shape index (κ2) is 4.09. The quantitative estimate of drug-likeness (QED) is 0.798. The van der Waals surface area contributed by atoms with Crippen LogP contribution in [0.2, 0.25) is 0 Å². The Bertz CT molecular complexity index is 350. The fourth-order valence-electron chi connectivity index (χ4n) is 1.27. The Labute approximate surface area is 81.8 Å². The lowest BCUT2D eigenvalue weighted by atomic mass is 10.1. The topological polar surface area (TPSA) is 40.5 Å². The summed E-state index contributed by atoms with van der Waals surface area (Å²) in [6.45, 7) is 0. The zero-order valence-corrected chi connectivity index (χ0v) is 8.12. The van der Waals surface area contributed by atoms with Crippen molar-refractivity contribution in [3.05, 3.63) is 29.6 Å². The number of anilines is 1. The van der Waals surface area contributed by atoms with Crippen LogP contribution in [0.5, 0.6) is 0 Å². The molecule has 0 aliphatic heterocycles. The first-order valence-electron chi connectivity index (χ1n) is 4.18. The van der Waals surface area contributed by atoms with Crippen LogP contribution in [0.3, 0.4) is 0 Å². The van der Waals surface area contributed by atoms with Crippen LogP contribution in [0.1, 0.15) is 5.56 Å². The molecular formula is C10H12FNO2. The summed E-state index contributed by atoms with van der Waals surface area (Å²) in [7, 11) is 3.50. The molecule has 14 heavy (non-hydrogen) atoms. The predicted molar refractivity (Wildman–Crippen MR) is 52.1 cm³/mol. The molecule has 0 saturated heterocycles. The van der Waals surface area contributed by atoms with Gasteiger partial charge < -0.3 is 10.0 Å². The van der Waals surface area contributed by atoms with Crippen LogP contribution < -0.4 is 4.90 Å². The molecule has 4 heteroatoms. The van der Waals surface area contributed by atoms with Gasteiger partial charge in [0.2, 0.25) is 0 Å². The summed E-state index contributed by atoms with van der Waals surface area (Å²) in [5, 5.41) is 8.63. The van der Waals surface area contributed by atoms with Crippen molar-refractivity contribution < 1.29 is 14.3 Å². The fraction of sp³-hybridized carbons (Fsp3) is 0.300. The van der Waals surface area contributed by atoms with Gasteiger partial charge in [-0.05, 0) is 17.7 Å². The first kappa shape index (κ1) is 10.5. The van der Waals surface area contributed by atoms with Crippen LogP contribution in [0, 0.1) is 5.82 Å². The summed E-state index contributed by atoms with van der Waals surface area (Å²) in [5.41, 5.74) is 1.22. The molecule has 0 heterocycles. The van der Waals surface area contributed by atoms with Crippen molar-refractivity contribution in [2.24, 2.45) is 0 Å². The van der Waals surface area contributed by atoms with Crippen molar-refractivity contribution in [3.63, 3.8) is 0 Å². The Morgan fingerprint density at radius 1 is 1.50 bits per heavy atom. The molecule has 0 amide bonds. The normalized spacial score (nSPS) is 9.93. The molecule has 0 radical (unpaired) electrons. The van der Waals surface area contributed by atoms with Gasteiger partial charge in [0.1, 0.15) is 5.82 Å². The van der Waals surface area contributed by atoms with Gasteiger partial charge >= 0.3 is 5.97 Å². The molecule has 1 aromatic rings. The molecule has 0 aliphatic rings. The summed E-state index contributed by atoms with van der Waals surface area (Å²) in [4.78, 5) is 12.2. The van der Waals surface area contributed by atoms with Gasteiger partial charge in [0.15, 0.2) is 0 Å². The maximum Gasteiger partial charge on any atom is 0.307 e. The molecule has 1 N–H and O–H groups in total. The van der Waals surface area contributed by atoms with E-state index in [4.69, 9.17) is 5.11 Å². The van der Waals surface area contributed by atoms with Crippen LogP contribution in [-0.2, 0) is 11.2 Å². The molecule has 76 valence electrons. The van der Waals surface area contributed by atoms with E-state index in [0.717, 1.165) is 0 Å². The molecule has 0 aromatic heterocycles. The van der Waals surface area contributed by atoms with Crippen molar-refractivity contribution in [3.8, 4) is 0 Å². The number of aliphatic carboxylic acids is 1. The first-order valence-corrected chi connectivity index (χ1v) is 4.18. The highest BCUT2D eigenvalue weighted by molar-refractivity contribution is 5.73. The highest BCUT2D eigenvalue weighted by Gasteiger charge is 2.09. The summed E-state index contributed by atoms with van der Waals surface area (Å²) < 4.78 is 12.9. The molecule has 0 spiro atoms. The number of nitrogens with zero attached hydrogens (tertiary/aromatic N) is 1. The zero-order chi connectivity index (χ0) is 10.7. The van der Waals surface area contributed by atoms with Crippen molar-refractivity contribution >= 4 is 11.7 Å². The Balaban J connectivity index is 3.08. The Kier molecular flexibility index (Phi) is 3.06. The van der Waals surface area contributed by atoms with E-state index in [-0.39, 0.29) is 12.2 Å². The van der Waals surface area contributed by atoms with Gasteiger partial charge in [-0.25, -0.2) is 4.39 Å². The number of halogens is 1. The molecule has 0 unspecified atom stereocenters. The van der Waals surface area contributed by atoms with E-state index in [1.807, 2.05) is 0 Å². The number of rotatable bonds is 3. The summed E-state index contributed by atoms with van der Waals surface area (Å²) in [6, 6.07) is 4.10. The zero-order valence-electron chi connectivity index (χ0n) is 8.12. The van der Waals surface area contributed by atoms with Gasteiger partial charge in [-0.1, -0.05) is 6.07 Å². The largest absolute Gasteiger partial charge is 0.481 e. The van der Waals surface area contributed by atoms with E-state index in [1.54, 1.807) is 19.0 Å². The van der Waals surface area contributed by atoms with E-state index >= 15 is 0 Å². The van der Waals surface area contributed by atoms with Gasteiger partial charge in [-0.2, -0.15) is 0 Å². The summed E-state index contributed by atoms with van der Waals surface area (Å²) >= 11 is 0. The third kappa shape index (κ3) is 2.45. The van der Waals surface area contributed by atoms with Crippen LogP contribution >= 0.6 is 0 Å². The van der Waals surface area contributed by atoms with E-state index in [9.17, 15) is 9.18 Å². The second-order valence-electron chi connectivity index (χ2n) is 3.24. The number of carboxylic acids is 1. The van der Waals surface area contributed by atoms with Gasteiger partial charge in [-0.15, -0.1) is 0 Å². The second-order valence-corrected chi connectivity index (χ2v) is 3.24. The van der Waals surface area contributed by atoms with Gasteiger partial charge in [0, 0.05) is 19.8 Å². The minimum absolute atomic E-state index is 0.0895. The summed E-state index contributed by atoms with van der Waals surface area (Å²) in [5.74, 6) is -1.28. The van der Waals surface area contributed by atoms with Crippen LogP contribution in [0.25, 0.3) is 0 Å². The smallest absolute Gasteiger partial charge is 0.307 e. The van der Waals surface area contributed by atoms with Crippen molar-refractivity contribution in [2.75, 3.05) is 19.0 Å². The van der Waals surface area contributed by atoms with Crippen molar-refractivity contribution in [2.45, 2.75) is 6.42 Å². The maximum atomic E-state index is 12.9. The van der Waals surface area contributed by atoms with Gasteiger partial charge in [0.25, 0.3) is 0 Å². The molecule has 1 rings (SSSR count). The highest BCUT2D eigenvalue weighted by atomic mass is 19.1. The Morgan fingerprint density at radius 3 is 2.64 bits per heavy atom. The number of hydrogen-bond donors (Lipinski definition) is 1. The van der Waals surface area contributed by atoms with E-state index in [2.05, 4.69) is 0 Å². The SMILES string of the molecule is CN(C)c1cc(F)ccc1CC(=O)O. The van der Waals surface area contributed by atoms with Crippen LogP contribution in [0.4, 0.5) is 10.1 Å².